The van der Waals surface area contributed by atoms with Crippen molar-refractivity contribution >= 4 is 0 Å². The van der Waals surface area contributed by atoms with Crippen LogP contribution < -0.4 is 5.32 Å². The van der Waals surface area contributed by atoms with Gasteiger partial charge in [-0.2, -0.15) is 0 Å². The molecule has 3 aromatic rings. The van der Waals surface area contributed by atoms with Gasteiger partial charge >= 0.3 is 0 Å². The molecule has 132 valence electrons. The third-order valence-electron chi connectivity index (χ3n) is 5.01. The van der Waals surface area contributed by atoms with Gasteiger partial charge in [0.2, 0.25) is 0 Å². The van der Waals surface area contributed by atoms with Crippen molar-refractivity contribution in [2.75, 3.05) is 26.2 Å². The first-order valence-corrected chi connectivity index (χ1v) is 9.21. The van der Waals surface area contributed by atoms with E-state index in [0.29, 0.717) is 5.75 Å². The van der Waals surface area contributed by atoms with Crippen molar-refractivity contribution in [3.05, 3.63) is 78.4 Å². The van der Waals surface area contributed by atoms with Crippen LogP contribution in [0.3, 0.4) is 0 Å². The van der Waals surface area contributed by atoms with E-state index in [4.69, 9.17) is 0 Å². The zero-order valence-corrected chi connectivity index (χ0v) is 14.9. The maximum Gasteiger partial charge on any atom is 0.121 e. The molecule has 1 aliphatic heterocycles. The van der Waals surface area contributed by atoms with Crippen molar-refractivity contribution in [1.82, 2.24) is 10.2 Å². The van der Waals surface area contributed by atoms with E-state index in [1.165, 1.54) is 0 Å². The molecule has 1 saturated heterocycles. The lowest BCUT2D eigenvalue weighted by molar-refractivity contribution is 0.231. The van der Waals surface area contributed by atoms with E-state index in [1.54, 1.807) is 0 Å². The van der Waals surface area contributed by atoms with E-state index < -0.39 is 0 Å². The maximum absolute atomic E-state index is 10.9. The Hall–Kier alpha value is -2.62. The molecule has 0 radical (unpaired) electrons. The highest BCUT2D eigenvalue weighted by Gasteiger charge is 2.17. The van der Waals surface area contributed by atoms with Crippen LogP contribution in [0.4, 0.5) is 0 Å². The molecule has 3 aromatic carbocycles. The minimum atomic E-state index is 0.378. The summed E-state index contributed by atoms with van der Waals surface area (Å²) < 4.78 is 0. The summed E-state index contributed by atoms with van der Waals surface area (Å²) in [5.41, 5.74) is 5.44. The lowest BCUT2D eigenvalue weighted by Crippen LogP contribution is -2.42. The molecule has 1 heterocycles. The second kappa shape index (κ2) is 7.73. The van der Waals surface area contributed by atoms with Gasteiger partial charge in [0.15, 0.2) is 0 Å². The number of phenols is 1. The molecule has 0 saturated carbocycles. The van der Waals surface area contributed by atoms with E-state index in [9.17, 15) is 5.11 Å². The van der Waals surface area contributed by atoms with Gasteiger partial charge in [0, 0.05) is 38.3 Å². The van der Waals surface area contributed by atoms with E-state index in [2.05, 4.69) is 52.7 Å². The molecule has 3 heteroatoms. The Morgan fingerprint density at radius 2 is 1.38 bits per heavy atom. The van der Waals surface area contributed by atoms with Crippen molar-refractivity contribution in [1.29, 1.82) is 0 Å². The minimum absolute atomic E-state index is 0.378. The number of hydrogen-bond donors (Lipinski definition) is 2. The van der Waals surface area contributed by atoms with E-state index in [0.717, 1.165) is 60.5 Å². The lowest BCUT2D eigenvalue weighted by atomic mass is 9.93. The summed E-state index contributed by atoms with van der Waals surface area (Å²) in [7, 11) is 0. The molecule has 2 N–H and O–H groups in total. The van der Waals surface area contributed by atoms with E-state index >= 15 is 0 Å². The SMILES string of the molecule is Oc1cc(-c2ccccc2)cc(-c2ccccc2)c1CN1CCNCC1. The number of hydrogen-bond acceptors (Lipinski definition) is 3. The van der Waals surface area contributed by atoms with Crippen LogP contribution in [-0.2, 0) is 6.54 Å². The Labute approximate surface area is 154 Å². The summed E-state index contributed by atoms with van der Waals surface area (Å²) in [6, 6.07) is 24.7. The van der Waals surface area contributed by atoms with Gasteiger partial charge in [0.25, 0.3) is 0 Å². The third-order valence-corrected chi connectivity index (χ3v) is 5.01. The number of phenolic OH excluding ortho intramolecular Hbond substituents is 1. The molecular weight excluding hydrogens is 320 g/mol. The van der Waals surface area contributed by atoms with Crippen LogP contribution in [0.2, 0.25) is 0 Å². The molecule has 0 spiro atoms. The van der Waals surface area contributed by atoms with Gasteiger partial charge in [-0.3, -0.25) is 4.90 Å². The van der Waals surface area contributed by atoms with E-state index in [1.807, 2.05) is 30.3 Å². The molecule has 0 aromatic heterocycles. The van der Waals surface area contributed by atoms with Crippen molar-refractivity contribution in [3.8, 4) is 28.0 Å². The number of piperazine rings is 1. The van der Waals surface area contributed by atoms with Crippen LogP contribution >= 0.6 is 0 Å². The van der Waals surface area contributed by atoms with Crippen molar-refractivity contribution in [2.24, 2.45) is 0 Å². The van der Waals surface area contributed by atoms with Crippen molar-refractivity contribution < 1.29 is 5.11 Å². The van der Waals surface area contributed by atoms with Crippen LogP contribution in [0, 0.1) is 0 Å². The molecule has 0 unspecified atom stereocenters. The monoisotopic (exact) mass is 344 g/mol. The Kier molecular flexibility index (Phi) is 5.00. The van der Waals surface area contributed by atoms with Gasteiger partial charge in [-0.05, 0) is 34.4 Å². The normalized spacial score (nSPS) is 15.1. The molecule has 3 nitrogen and oxygen atoms in total. The number of aromatic hydroxyl groups is 1. The lowest BCUT2D eigenvalue weighted by Gasteiger charge is -2.28. The Bertz CT molecular complexity index is 856. The molecular formula is C23H24N2O. The predicted molar refractivity (Wildman–Crippen MR) is 107 cm³/mol. The average molecular weight is 344 g/mol. The summed E-state index contributed by atoms with van der Waals surface area (Å²) in [6.45, 7) is 4.79. The number of benzene rings is 3. The van der Waals surface area contributed by atoms with Crippen LogP contribution in [0.25, 0.3) is 22.3 Å². The molecule has 4 rings (SSSR count). The summed E-state index contributed by atoms with van der Waals surface area (Å²) in [5.74, 6) is 0.378. The minimum Gasteiger partial charge on any atom is -0.508 e. The summed E-state index contributed by atoms with van der Waals surface area (Å²) in [6.07, 6.45) is 0. The van der Waals surface area contributed by atoms with Gasteiger partial charge in [0.1, 0.15) is 5.75 Å². The van der Waals surface area contributed by atoms with E-state index in [-0.39, 0.29) is 0 Å². The molecule has 0 aliphatic carbocycles. The first-order valence-electron chi connectivity index (χ1n) is 9.21. The molecule has 1 fully saturated rings. The third kappa shape index (κ3) is 3.64. The highest BCUT2D eigenvalue weighted by Crippen LogP contribution is 2.36. The molecule has 0 atom stereocenters. The van der Waals surface area contributed by atoms with Crippen LogP contribution in [0.1, 0.15) is 5.56 Å². The van der Waals surface area contributed by atoms with Gasteiger partial charge in [0.05, 0.1) is 0 Å². The topological polar surface area (TPSA) is 35.5 Å². The van der Waals surface area contributed by atoms with Crippen molar-refractivity contribution in [3.63, 3.8) is 0 Å². The summed E-state index contributed by atoms with van der Waals surface area (Å²) >= 11 is 0. The van der Waals surface area contributed by atoms with Crippen molar-refractivity contribution in [2.45, 2.75) is 6.54 Å². The largest absolute Gasteiger partial charge is 0.508 e. The highest BCUT2D eigenvalue weighted by atomic mass is 16.3. The van der Waals surface area contributed by atoms with Gasteiger partial charge in [-0.1, -0.05) is 60.7 Å². The smallest absolute Gasteiger partial charge is 0.121 e. The Morgan fingerprint density at radius 3 is 2.04 bits per heavy atom. The first-order chi connectivity index (χ1) is 12.8. The Morgan fingerprint density at radius 1 is 0.769 bits per heavy atom. The Balaban J connectivity index is 1.79. The average Bonchev–Trinajstić information content (AvgIpc) is 2.71. The fraction of sp³-hybridized carbons (Fsp3) is 0.217. The summed E-state index contributed by atoms with van der Waals surface area (Å²) in [4.78, 5) is 2.40. The van der Waals surface area contributed by atoms with Gasteiger partial charge in [-0.15, -0.1) is 0 Å². The predicted octanol–water partition coefficient (Wildman–Crippen LogP) is 4.13. The summed E-state index contributed by atoms with van der Waals surface area (Å²) in [5, 5.41) is 14.3. The zero-order valence-electron chi connectivity index (χ0n) is 14.9. The van der Waals surface area contributed by atoms with Gasteiger partial charge in [-0.25, -0.2) is 0 Å². The highest BCUT2D eigenvalue weighted by molar-refractivity contribution is 5.78. The maximum atomic E-state index is 10.9. The van der Waals surface area contributed by atoms with Crippen LogP contribution in [0.5, 0.6) is 5.75 Å². The molecule has 0 amide bonds. The van der Waals surface area contributed by atoms with Gasteiger partial charge < -0.3 is 10.4 Å². The van der Waals surface area contributed by atoms with Crippen LogP contribution in [-0.4, -0.2) is 36.2 Å². The second-order valence-corrected chi connectivity index (χ2v) is 6.78. The quantitative estimate of drug-likeness (QED) is 0.747. The number of nitrogens with one attached hydrogen (secondary N) is 1. The fourth-order valence-electron chi connectivity index (χ4n) is 3.59. The number of nitrogens with zero attached hydrogens (tertiary/aromatic N) is 1. The second-order valence-electron chi connectivity index (χ2n) is 6.78. The zero-order chi connectivity index (χ0) is 17.8. The molecule has 0 bridgehead atoms. The van der Waals surface area contributed by atoms with Crippen LogP contribution in [0.15, 0.2) is 72.8 Å². The fourth-order valence-corrected chi connectivity index (χ4v) is 3.59. The standard InChI is InChI=1S/C23H24N2O/c26-23-16-20(18-7-3-1-4-8-18)15-21(19-9-5-2-6-10-19)22(23)17-25-13-11-24-12-14-25/h1-10,15-16,24,26H,11-14,17H2. The first kappa shape index (κ1) is 16.8. The number of rotatable bonds is 4. The molecule has 26 heavy (non-hydrogen) atoms. The molecule has 1 aliphatic rings.